The molecule has 14 N–H and O–H groups in total. The fourth-order valence-corrected chi connectivity index (χ4v) is 10.4. The van der Waals surface area contributed by atoms with Crippen molar-refractivity contribution in [3.8, 4) is 5.75 Å². The van der Waals surface area contributed by atoms with Crippen molar-refractivity contribution in [2.45, 2.75) is 103 Å². The van der Waals surface area contributed by atoms with Crippen LogP contribution in [0.3, 0.4) is 0 Å². The Labute approximate surface area is 408 Å². The minimum Gasteiger partial charge on any atom is -0.506 e. The number of nitrogens with two attached hydrogens (primary N) is 1. The third kappa shape index (κ3) is 18.5. The van der Waals surface area contributed by atoms with Crippen LogP contribution in [0.25, 0.3) is 11.2 Å². The molecular weight excluding hydrogens is 1050 g/mol. The van der Waals surface area contributed by atoms with E-state index in [1.54, 1.807) is 0 Å². The number of phosphoric acid groups is 4. The number of carbonyl (C=O) groups is 3. The minimum atomic E-state index is -5.62. The number of aliphatic hydroxyl groups excluding tert-OH is 2. The van der Waals surface area contributed by atoms with Gasteiger partial charge in [-0.2, -0.15) is 4.31 Å². The molecule has 1 aliphatic rings. The number of carbonyl (C=O) groups excluding carboxylic acids is 3. The summed E-state index contributed by atoms with van der Waals surface area (Å²) in [6.07, 6.45) is -4.08. The molecule has 4 heterocycles. The van der Waals surface area contributed by atoms with E-state index in [-0.39, 0.29) is 76.5 Å². The Balaban J connectivity index is 1.20. The van der Waals surface area contributed by atoms with Gasteiger partial charge in [-0.1, -0.05) is 45.4 Å². The van der Waals surface area contributed by atoms with Crippen LogP contribution in [0.2, 0.25) is 0 Å². The maximum atomic E-state index is 13.2. The molecule has 0 bridgehead atoms. The minimum absolute atomic E-state index is 0.0107. The van der Waals surface area contributed by atoms with Gasteiger partial charge in [0.1, 0.15) is 42.0 Å². The second kappa shape index (κ2) is 25.7. The number of hydrogen-bond acceptors (Lipinski definition) is 23. The largest absolute Gasteiger partial charge is 0.506 e. The first kappa shape index (κ1) is 60.1. The van der Waals surface area contributed by atoms with E-state index in [4.69, 9.17) is 29.3 Å². The highest BCUT2D eigenvalue weighted by molar-refractivity contribution is 8.13. The predicted octanol–water partition coefficient (Wildman–Crippen LogP) is 0.0316. The number of rotatable bonds is 29. The molecular formula is C35H57N9O22P4S. The number of imidazole rings is 1. The summed E-state index contributed by atoms with van der Waals surface area (Å²) in [6.45, 7) is 2.94. The molecule has 8 unspecified atom stereocenters. The lowest BCUT2D eigenvalue weighted by molar-refractivity contribution is -0.137. The summed E-state index contributed by atoms with van der Waals surface area (Å²) in [5.74, 6) is -1.72. The number of thioether (sulfide) groups is 1. The van der Waals surface area contributed by atoms with Crippen LogP contribution in [-0.2, 0) is 72.9 Å². The first-order chi connectivity index (χ1) is 32.9. The van der Waals surface area contributed by atoms with Crippen molar-refractivity contribution < 1.29 is 104 Å². The zero-order chi connectivity index (χ0) is 53.1. The highest BCUT2D eigenvalue weighted by atomic mass is 32.2. The second-order valence-corrected chi connectivity index (χ2v) is 22.8. The number of nitrogen functional groups attached to an aromatic ring is 1. The van der Waals surface area contributed by atoms with E-state index >= 15 is 0 Å². The normalized spacial score (nSPS) is 20.3. The second-order valence-electron chi connectivity index (χ2n) is 16.3. The Bertz CT molecular complexity index is 2530. The molecule has 400 valence electrons. The van der Waals surface area contributed by atoms with E-state index in [0.29, 0.717) is 12.8 Å². The van der Waals surface area contributed by atoms with Crippen LogP contribution in [0.4, 0.5) is 5.82 Å². The van der Waals surface area contributed by atoms with Gasteiger partial charge in [-0.15, -0.1) is 0 Å². The lowest BCUT2D eigenvalue weighted by Crippen LogP contribution is -2.46. The maximum absolute atomic E-state index is 13.2. The van der Waals surface area contributed by atoms with Gasteiger partial charge in [0.2, 0.25) is 16.9 Å². The molecule has 2 amide bonds. The Kier molecular flexibility index (Phi) is 21.8. The Morgan fingerprint density at radius 1 is 0.972 bits per heavy atom. The number of hydrogen-bond donors (Lipinski definition) is 13. The lowest BCUT2D eigenvalue weighted by atomic mass is 9.87. The number of ether oxygens (including phenoxy) is 1. The molecule has 0 aromatic carbocycles. The van der Waals surface area contributed by atoms with Crippen LogP contribution < -0.4 is 21.7 Å². The van der Waals surface area contributed by atoms with E-state index in [2.05, 4.69) is 49.2 Å². The summed E-state index contributed by atoms with van der Waals surface area (Å²) in [4.78, 5) is 112. The number of nitrogens with zero attached hydrogens (tertiary/aromatic N) is 5. The lowest BCUT2D eigenvalue weighted by Gasteiger charge is -2.30. The van der Waals surface area contributed by atoms with Crippen molar-refractivity contribution >= 4 is 77.0 Å². The molecule has 8 atom stereocenters. The summed E-state index contributed by atoms with van der Waals surface area (Å²) >= 11 is 0.924. The number of amides is 2. The van der Waals surface area contributed by atoms with Crippen LogP contribution in [0.15, 0.2) is 18.9 Å². The standard InChI is InChI=1S/C35H57N9O22P4S/c1-5-6-7-22(40-13-21-20(14-61-67(51,52)53)12-39-19(2)26(21)46)34(50)71-11-10-37-24(45)8-9-38-32(49)29(48)35(3,4)16-63-70(59,60)66-69(57,58)62-15-23-28(65-68(54,55)56)27(47)33(64-23)44-18-43-25-30(36)41-17-42-31(25)44/h12,17-18,22-23,27-29,33,40,46-48H,5-11,13-16H2,1-4H3,(H,37,45)(H,38,49)(H,57,58)(H,59,60)(H2,36,41,42)(H2,51,52,53)(H2,54,55,56). The molecule has 71 heavy (non-hydrogen) atoms. The highest BCUT2D eigenvalue weighted by Gasteiger charge is 2.50. The monoisotopic (exact) mass is 1110 g/mol. The van der Waals surface area contributed by atoms with Crippen molar-refractivity contribution in [2.75, 3.05) is 37.8 Å². The molecule has 3 aromatic heterocycles. The zero-order valence-corrected chi connectivity index (χ0v) is 42.7. The molecule has 0 radical (unpaired) electrons. The molecule has 31 nitrogen and oxygen atoms in total. The summed E-state index contributed by atoms with van der Waals surface area (Å²) < 4.78 is 78.3. The van der Waals surface area contributed by atoms with Gasteiger partial charge in [-0.25, -0.2) is 33.2 Å². The highest BCUT2D eigenvalue weighted by Crippen LogP contribution is 2.61. The first-order valence-electron chi connectivity index (χ1n) is 21.1. The number of aromatic nitrogens is 5. The van der Waals surface area contributed by atoms with Crippen molar-refractivity contribution in [2.24, 2.45) is 5.41 Å². The molecule has 1 fully saturated rings. The summed E-state index contributed by atoms with van der Waals surface area (Å²) in [5, 5.41) is 40.0. The number of unbranched alkanes of at least 4 members (excludes halogenated alkanes) is 1. The predicted molar refractivity (Wildman–Crippen MR) is 245 cm³/mol. The number of aryl methyl sites for hydroxylation is 1. The van der Waals surface area contributed by atoms with Crippen LogP contribution in [-0.4, -0.2) is 149 Å². The topological polar surface area (TPSA) is 476 Å². The van der Waals surface area contributed by atoms with Gasteiger partial charge in [0.25, 0.3) is 0 Å². The van der Waals surface area contributed by atoms with Gasteiger partial charge in [0.15, 0.2) is 17.7 Å². The number of phosphoric ester groups is 4. The Hall–Kier alpha value is -3.42. The number of anilines is 1. The molecule has 0 aliphatic carbocycles. The maximum Gasteiger partial charge on any atom is 0.481 e. The molecule has 4 rings (SSSR count). The molecule has 0 spiro atoms. The van der Waals surface area contributed by atoms with E-state index in [0.717, 1.165) is 35.4 Å². The molecule has 1 aliphatic heterocycles. The van der Waals surface area contributed by atoms with E-state index in [9.17, 15) is 67.5 Å². The van der Waals surface area contributed by atoms with E-state index < -0.39 is 105 Å². The van der Waals surface area contributed by atoms with Crippen LogP contribution in [0.5, 0.6) is 5.75 Å². The third-order valence-corrected chi connectivity index (χ3v) is 14.8. The van der Waals surface area contributed by atoms with Gasteiger partial charge >= 0.3 is 31.3 Å². The smallest absolute Gasteiger partial charge is 0.481 e. The van der Waals surface area contributed by atoms with Crippen molar-refractivity contribution in [1.29, 1.82) is 0 Å². The zero-order valence-electron chi connectivity index (χ0n) is 38.3. The summed E-state index contributed by atoms with van der Waals surface area (Å²) in [5.41, 5.74) is 4.86. The first-order valence-corrected chi connectivity index (χ1v) is 28.1. The van der Waals surface area contributed by atoms with Gasteiger partial charge in [-0.05, 0) is 13.3 Å². The van der Waals surface area contributed by atoms with E-state index in [1.165, 1.54) is 27.0 Å². The van der Waals surface area contributed by atoms with Gasteiger partial charge < -0.3 is 71.1 Å². The number of pyridine rings is 1. The SMILES string of the molecule is CCCCC(NCc1c(COP(=O)(O)O)cnc(C)c1O)C(=O)SCCNC(=O)CCNC(=O)C(O)C(C)(C)COP(=O)(O)OP(=O)(O)OCC1OC(n2cnc3c(N)ncnc32)C(O)C1OP(=O)(O)O. The number of fused-ring (bicyclic) bond motifs is 1. The van der Waals surface area contributed by atoms with Crippen LogP contribution in [0, 0.1) is 12.3 Å². The molecule has 0 saturated carbocycles. The molecule has 36 heteroatoms. The van der Waals surface area contributed by atoms with Crippen molar-refractivity contribution in [1.82, 2.24) is 40.5 Å². The van der Waals surface area contributed by atoms with Crippen molar-refractivity contribution in [3.05, 3.63) is 35.7 Å². The number of aliphatic hydroxyl groups is 2. The average molecular weight is 1110 g/mol. The van der Waals surface area contributed by atoms with Gasteiger partial charge in [0.05, 0.1) is 37.9 Å². The van der Waals surface area contributed by atoms with Crippen molar-refractivity contribution in [3.63, 3.8) is 0 Å². The quantitative estimate of drug-likeness (QED) is 0.0322. The number of nitrogens with one attached hydrogen (secondary N) is 3. The average Bonchev–Trinajstić information content (AvgIpc) is 3.83. The van der Waals surface area contributed by atoms with Crippen LogP contribution in [0.1, 0.15) is 69.5 Å². The summed E-state index contributed by atoms with van der Waals surface area (Å²) in [6, 6.07) is -0.698. The molecule has 1 saturated heterocycles. The fourth-order valence-electron chi connectivity index (χ4n) is 6.48. The molecule has 3 aromatic rings. The van der Waals surface area contributed by atoms with Gasteiger partial charge in [-0.3, -0.25) is 42.0 Å². The fraction of sp³-hybridized carbons (Fsp3) is 0.629. The third-order valence-electron chi connectivity index (χ3n) is 10.2. The van der Waals surface area contributed by atoms with Crippen LogP contribution >= 0.6 is 43.1 Å². The van der Waals surface area contributed by atoms with E-state index in [1.807, 2.05) is 6.92 Å². The van der Waals surface area contributed by atoms with Gasteiger partial charge in [0, 0.05) is 54.5 Å². The summed E-state index contributed by atoms with van der Waals surface area (Å²) in [7, 11) is -21.4. The number of aromatic hydroxyl groups is 1. The Morgan fingerprint density at radius 3 is 2.32 bits per heavy atom. The Morgan fingerprint density at radius 2 is 1.66 bits per heavy atom.